The summed E-state index contributed by atoms with van der Waals surface area (Å²) in [7, 11) is 0. The number of hydrogen-bond donors (Lipinski definition) is 0. The van der Waals surface area contributed by atoms with Crippen molar-refractivity contribution in [2.75, 3.05) is 6.61 Å². The monoisotopic (exact) mass is 303 g/mol. The first-order chi connectivity index (χ1) is 9.88. The minimum Gasteiger partial charge on any atom is -0.473 e. The SMILES string of the molecule is C=C(COc1cc(-n2cncn2)ncn1)C(F)C(F)(F)F. The number of halogens is 4. The molecule has 2 heterocycles. The molecule has 10 heteroatoms. The van der Waals surface area contributed by atoms with Gasteiger partial charge in [0.2, 0.25) is 12.1 Å². The van der Waals surface area contributed by atoms with Gasteiger partial charge in [0.05, 0.1) is 0 Å². The van der Waals surface area contributed by atoms with Crippen LogP contribution in [0, 0.1) is 0 Å². The van der Waals surface area contributed by atoms with Gasteiger partial charge in [0.25, 0.3) is 0 Å². The summed E-state index contributed by atoms with van der Waals surface area (Å²) in [6.45, 7) is 2.36. The van der Waals surface area contributed by atoms with Gasteiger partial charge in [-0.15, -0.1) is 0 Å². The van der Waals surface area contributed by atoms with Gasteiger partial charge >= 0.3 is 6.18 Å². The standard InChI is InChI=1S/C11H9F4N5O/c1-7(10(12)11(13,14)15)3-21-9-2-8(17-5-18-9)20-6-16-4-19-20/h2,4-6,10H,1,3H2. The minimum absolute atomic E-state index is 0.0361. The van der Waals surface area contributed by atoms with Gasteiger partial charge in [0.15, 0.2) is 5.82 Å². The zero-order valence-electron chi connectivity index (χ0n) is 10.5. The van der Waals surface area contributed by atoms with E-state index in [2.05, 4.69) is 26.6 Å². The molecule has 21 heavy (non-hydrogen) atoms. The van der Waals surface area contributed by atoms with Crippen LogP contribution in [0.4, 0.5) is 17.6 Å². The van der Waals surface area contributed by atoms with Crippen molar-refractivity contribution in [1.29, 1.82) is 0 Å². The van der Waals surface area contributed by atoms with Gasteiger partial charge in [-0.2, -0.15) is 18.3 Å². The van der Waals surface area contributed by atoms with E-state index in [1.807, 2.05) is 0 Å². The number of ether oxygens (including phenoxy) is 1. The van der Waals surface area contributed by atoms with Crippen LogP contribution in [0.1, 0.15) is 0 Å². The predicted octanol–water partition coefficient (Wildman–Crippen LogP) is 1.89. The molecule has 0 bridgehead atoms. The summed E-state index contributed by atoms with van der Waals surface area (Å²) in [6, 6.07) is 1.32. The molecule has 0 radical (unpaired) electrons. The molecule has 112 valence electrons. The van der Waals surface area contributed by atoms with E-state index in [-0.39, 0.29) is 5.88 Å². The number of nitrogens with zero attached hydrogens (tertiary/aromatic N) is 5. The van der Waals surface area contributed by atoms with Crippen LogP contribution in [0.3, 0.4) is 0 Å². The van der Waals surface area contributed by atoms with E-state index >= 15 is 0 Å². The molecule has 1 atom stereocenters. The fourth-order valence-corrected chi connectivity index (χ4v) is 1.33. The van der Waals surface area contributed by atoms with Crippen LogP contribution < -0.4 is 4.74 Å². The Morgan fingerprint density at radius 1 is 1.33 bits per heavy atom. The lowest BCUT2D eigenvalue weighted by Crippen LogP contribution is -2.28. The first-order valence-electron chi connectivity index (χ1n) is 5.56. The predicted molar refractivity (Wildman–Crippen MR) is 62.5 cm³/mol. The second-order valence-corrected chi connectivity index (χ2v) is 3.91. The molecule has 6 nitrogen and oxygen atoms in total. The lowest BCUT2D eigenvalue weighted by atomic mass is 10.2. The molecule has 2 aromatic rings. The van der Waals surface area contributed by atoms with Crippen LogP contribution >= 0.6 is 0 Å². The molecule has 0 aliphatic heterocycles. The topological polar surface area (TPSA) is 65.7 Å². The van der Waals surface area contributed by atoms with Crippen molar-refractivity contribution in [3.63, 3.8) is 0 Å². The van der Waals surface area contributed by atoms with E-state index in [4.69, 9.17) is 4.74 Å². The van der Waals surface area contributed by atoms with Crippen molar-refractivity contribution in [2.45, 2.75) is 12.3 Å². The first kappa shape index (κ1) is 14.9. The molecule has 0 spiro atoms. The number of aromatic nitrogens is 5. The molecule has 0 aromatic carbocycles. The van der Waals surface area contributed by atoms with Crippen molar-refractivity contribution >= 4 is 0 Å². The average molecular weight is 303 g/mol. The van der Waals surface area contributed by atoms with E-state index in [1.54, 1.807) is 0 Å². The van der Waals surface area contributed by atoms with E-state index in [0.29, 0.717) is 5.82 Å². The highest BCUT2D eigenvalue weighted by molar-refractivity contribution is 5.25. The van der Waals surface area contributed by atoms with Crippen molar-refractivity contribution in [3.8, 4) is 11.7 Å². The van der Waals surface area contributed by atoms with Crippen molar-refractivity contribution in [3.05, 3.63) is 37.2 Å². The van der Waals surface area contributed by atoms with E-state index in [0.717, 1.165) is 6.33 Å². The van der Waals surface area contributed by atoms with Crippen LogP contribution in [0.5, 0.6) is 5.88 Å². The van der Waals surface area contributed by atoms with Crippen molar-refractivity contribution in [2.24, 2.45) is 0 Å². The minimum atomic E-state index is -5.00. The molecule has 0 aliphatic carbocycles. The molecular weight excluding hydrogens is 294 g/mol. The maximum Gasteiger partial charge on any atom is 0.423 e. The summed E-state index contributed by atoms with van der Waals surface area (Å²) < 4.78 is 55.6. The molecule has 0 fully saturated rings. The van der Waals surface area contributed by atoms with Crippen molar-refractivity contribution in [1.82, 2.24) is 24.7 Å². The fraction of sp³-hybridized carbons (Fsp3) is 0.273. The lowest BCUT2D eigenvalue weighted by Gasteiger charge is -2.15. The maximum absolute atomic E-state index is 12.9. The Morgan fingerprint density at radius 3 is 2.71 bits per heavy atom. The highest BCUT2D eigenvalue weighted by Gasteiger charge is 2.42. The highest BCUT2D eigenvalue weighted by Crippen LogP contribution is 2.27. The Hall–Kier alpha value is -2.52. The van der Waals surface area contributed by atoms with E-state index in [1.165, 1.54) is 23.4 Å². The van der Waals surface area contributed by atoms with Crippen molar-refractivity contribution < 1.29 is 22.3 Å². The smallest absolute Gasteiger partial charge is 0.423 e. The Bertz CT molecular complexity index is 613. The zero-order valence-corrected chi connectivity index (χ0v) is 10.5. The molecule has 2 aromatic heterocycles. The van der Waals surface area contributed by atoms with Crippen LogP contribution in [-0.4, -0.2) is 43.7 Å². The Morgan fingerprint density at radius 2 is 2.10 bits per heavy atom. The number of hydrogen-bond acceptors (Lipinski definition) is 5. The maximum atomic E-state index is 12.9. The Labute approximate surface area is 116 Å². The van der Waals surface area contributed by atoms with Gasteiger partial charge in [-0.25, -0.2) is 24.0 Å². The molecular formula is C11H9F4N5O. The van der Waals surface area contributed by atoms with Crippen LogP contribution in [-0.2, 0) is 0 Å². The zero-order chi connectivity index (χ0) is 15.5. The normalized spacial score (nSPS) is 13.0. The summed E-state index contributed by atoms with van der Waals surface area (Å²) >= 11 is 0. The van der Waals surface area contributed by atoms with E-state index in [9.17, 15) is 17.6 Å². The van der Waals surface area contributed by atoms with Gasteiger partial charge in [0.1, 0.15) is 25.6 Å². The Balaban J connectivity index is 2.01. The third-order valence-corrected chi connectivity index (χ3v) is 2.33. The van der Waals surface area contributed by atoms with Crippen LogP contribution in [0.2, 0.25) is 0 Å². The quantitative estimate of drug-likeness (QED) is 0.623. The van der Waals surface area contributed by atoms with Crippen LogP contribution in [0.15, 0.2) is 37.2 Å². The van der Waals surface area contributed by atoms with Gasteiger partial charge < -0.3 is 4.74 Å². The lowest BCUT2D eigenvalue weighted by molar-refractivity contribution is -0.170. The molecule has 0 saturated heterocycles. The summed E-state index contributed by atoms with van der Waals surface area (Å²) in [5, 5.41) is 3.82. The summed E-state index contributed by atoms with van der Waals surface area (Å²) in [4.78, 5) is 11.3. The van der Waals surface area contributed by atoms with Gasteiger partial charge in [0, 0.05) is 11.6 Å². The van der Waals surface area contributed by atoms with Gasteiger partial charge in [-0.05, 0) is 0 Å². The first-order valence-corrected chi connectivity index (χ1v) is 5.56. The molecule has 0 N–H and O–H groups in total. The van der Waals surface area contributed by atoms with Gasteiger partial charge in [-0.3, -0.25) is 0 Å². The molecule has 1 unspecified atom stereocenters. The summed E-state index contributed by atoms with van der Waals surface area (Å²) in [6.07, 6.45) is -4.37. The second kappa shape index (κ2) is 5.85. The highest BCUT2D eigenvalue weighted by atomic mass is 19.4. The second-order valence-electron chi connectivity index (χ2n) is 3.91. The largest absolute Gasteiger partial charge is 0.473 e. The molecule has 0 saturated carbocycles. The third kappa shape index (κ3) is 3.74. The molecule has 2 rings (SSSR count). The Kier molecular flexibility index (Phi) is 4.15. The summed E-state index contributed by atoms with van der Waals surface area (Å²) in [5.74, 6) is 0.266. The fourth-order valence-electron chi connectivity index (χ4n) is 1.33. The van der Waals surface area contributed by atoms with Crippen LogP contribution in [0.25, 0.3) is 5.82 Å². The van der Waals surface area contributed by atoms with Gasteiger partial charge in [-0.1, -0.05) is 6.58 Å². The average Bonchev–Trinajstić information content (AvgIpc) is 2.97. The molecule has 0 amide bonds. The summed E-state index contributed by atoms with van der Waals surface area (Å²) in [5.41, 5.74) is -0.747. The molecule has 0 aliphatic rings. The van der Waals surface area contributed by atoms with E-state index < -0.39 is 24.5 Å². The number of alkyl halides is 4. The third-order valence-electron chi connectivity index (χ3n) is 2.33. The number of rotatable bonds is 5.